The van der Waals surface area contributed by atoms with Gasteiger partial charge in [-0.05, 0) is 72.7 Å². The van der Waals surface area contributed by atoms with E-state index in [1.807, 2.05) is 69.3 Å². The molecule has 8 nitrogen and oxygen atoms in total. The molecule has 5 rings (SSSR count). The predicted octanol–water partition coefficient (Wildman–Crippen LogP) is 7.20. The van der Waals surface area contributed by atoms with Crippen molar-refractivity contribution in [2.24, 2.45) is 5.10 Å². The Morgan fingerprint density at radius 3 is 2.39 bits per heavy atom. The fourth-order valence-corrected chi connectivity index (χ4v) is 4.95. The topological polar surface area (TPSA) is 93.1 Å². The Kier molecular flexibility index (Phi) is 11.1. The first-order chi connectivity index (χ1) is 19.7. The molecule has 1 amide bonds. The summed E-state index contributed by atoms with van der Waals surface area (Å²) in [4.78, 5) is 26.0. The number of pyridine rings is 1. The van der Waals surface area contributed by atoms with Gasteiger partial charge in [0.05, 0.1) is 17.6 Å². The van der Waals surface area contributed by atoms with Gasteiger partial charge in [0, 0.05) is 23.5 Å². The molecule has 2 heterocycles. The number of hydrazone groups is 1. The number of carbonyl (C=O) groups excluding carboxylic acids is 2. The van der Waals surface area contributed by atoms with E-state index in [4.69, 9.17) is 21.1 Å². The maximum absolute atomic E-state index is 11.1. The summed E-state index contributed by atoms with van der Waals surface area (Å²) in [6.07, 6.45) is 5.04. The zero-order valence-corrected chi connectivity index (χ0v) is 25.2. The highest BCUT2D eigenvalue weighted by molar-refractivity contribution is 6.30. The molecule has 0 spiro atoms. The van der Waals surface area contributed by atoms with Gasteiger partial charge in [-0.3, -0.25) is 9.59 Å². The van der Waals surface area contributed by atoms with Crippen molar-refractivity contribution in [3.8, 4) is 11.5 Å². The van der Waals surface area contributed by atoms with Crippen molar-refractivity contribution >= 4 is 47.6 Å². The lowest BCUT2D eigenvalue weighted by Gasteiger charge is -2.38. The van der Waals surface area contributed by atoms with Gasteiger partial charge in [0.15, 0.2) is 17.8 Å². The van der Waals surface area contributed by atoms with Crippen LogP contribution in [-0.4, -0.2) is 37.1 Å². The number of carbonyl (C=O) groups is 2. The van der Waals surface area contributed by atoms with E-state index >= 15 is 0 Å². The summed E-state index contributed by atoms with van der Waals surface area (Å²) in [6, 6.07) is 15.3. The summed E-state index contributed by atoms with van der Waals surface area (Å²) in [5, 5.41) is 9.53. The van der Waals surface area contributed by atoms with Crippen LogP contribution < -0.4 is 19.8 Å². The number of anilines is 2. The monoisotopic (exact) mass is 576 g/mol. The Bertz CT molecular complexity index is 1410. The molecule has 1 aliphatic heterocycles. The van der Waals surface area contributed by atoms with Gasteiger partial charge >= 0.3 is 0 Å². The summed E-state index contributed by atoms with van der Waals surface area (Å²) in [7, 11) is 0. The third kappa shape index (κ3) is 7.52. The normalized spacial score (nSPS) is 14.5. The van der Waals surface area contributed by atoms with Crippen molar-refractivity contribution < 1.29 is 19.1 Å². The van der Waals surface area contributed by atoms with Gasteiger partial charge in [0.1, 0.15) is 18.4 Å². The second-order valence-electron chi connectivity index (χ2n) is 9.86. The molecular formula is C32H37ClN4O4. The number of halogens is 1. The standard InChI is InChI=1S/C24H25N3O4.C6H6ClN.C2H6/c1-16-14-24(2,3)20-6-4-17(25-15-29)12-19(20)23(16)27(26-8-9-28)18-5-7-21-22(13-18)31-11-10-30-21;1-5-3-2-4-8-6(5)7;1-2/h4-9,12-13,15H,10-11,14H2,1-3H3,(H,25,29);2-4H,1H3;1-2H3/b26-8+;;. The van der Waals surface area contributed by atoms with Crippen LogP contribution in [0.3, 0.4) is 0 Å². The van der Waals surface area contributed by atoms with Gasteiger partial charge in [-0.25, -0.2) is 9.99 Å². The molecule has 216 valence electrons. The highest BCUT2D eigenvalue weighted by Gasteiger charge is 2.34. The van der Waals surface area contributed by atoms with E-state index < -0.39 is 0 Å². The quantitative estimate of drug-likeness (QED) is 0.144. The lowest BCUT2D eigenvalue weighted by molar-refractivity contribution is -0.105. The average molecular weight is 577 g/mol. The van der Waals surface area contributed by atoms with Gasteiger partial charge in [-0.1, -0.05) is 51.4 Å². The summed E-state index contributed by atoms with van der Waals surface area (Å²) in [5.74, 6) is 1.32. The van der Waals surface area contributed by atoms with Gasteiger partial charge in [0.2, 0.25) is 6.41 Å². The third-order valence-corrected chi connectivity index (χ3v) is 6.91. The van der Waals surface area contributed by atoms with Crippen LogP contribution >= 0.6 is 11.6 Å². The SMILES string of the molecule is CC.CC1=C(N(/N=C/C=O)c2ccc3c(c2)OCCO3)c2cc(NC=O)ccc2C(C)(C)C1.Cc1cccnc1Cl. The van der Waals surface area contributed by atoms with E-state index in [0.717, 1.165) is 40.1 Å². The highest BCUT2D eigenvalue weighted by Crippen LogP contribution is 2.46. The fraction of sp³-hybridized carbons (Fsp3) is 0.312. The van der Waals surface area contributed by atoms with Gasteiger partial charge in [0.25, 0.3) is 0 Å². The first kappa shape index (κ1) is 31.4. The average Bonchev–Trinajstić information content (AvgIpc) is 2.97. The number of fused-ring (bicyclic) bond motifs is 2. The van der Waals surface area contributed by atoms with Crippen LogP contribution in [0.4, 0.5) is 11.4 Å². The molecule has 2 aromatic carbocycles. The van der Waals surface area contributed by atoms with Crippen molar-refractivity contribution in [3.05, 3.63) is 82.1 Å². The predicted molar refractivity (Wildman–Crippen MR) is 166 cm³/mol. The van der Waals surface area contributed by atoms with Crippen molar-refractivity contribution in [2.75, 3.05) is 23.5 Å². The molecule has 0 saturated carbocycles. The molecule has 2 aliphatic rings. The zero-order valence-electron chi connectivity index (χ0n) is 24.4. The molecule has 3 aromatic rings. The van der Waals surface area contributed by atoms with Crippen LogP contribution in [0.5, 0.6) is 11.5 Å². The summed E-state index contributed by atoms with van der Waals surface area (Å²) >= 11 is 5.60. The van der Waals surface area contributed by atoms with Crippen molar-refractivity contribution in [3.63, 3.8) is 0 Å². The van der Waals surface area contributed by atoms with Crippen molar-refractivity contribution in [1.29, 1.82) is 0 Å². The van der Waals surface area contributed by atoms with E-state index in [2.05, 4.69) is 36.2 Å². The summed E-state index contributed by atoms with van der Waals surface area (Å²) in [5.41, 5.74) is 6.47. The zero-order chi connectivity index (χ0) is 30.0. The number of aryl methyl sites for hydroxylation is 1. The molecule has 0 unspecified atom stereocenters. The van der Waals surface area contributed by atoms with Crippen LogP contribution in [-0.2, 0) is 15.0 Å². The number of allylic oxidation sites excluding steroid dienone is 1. The van der Waals surface area contributed by atoms with Crippen LogP contribution in [0.25, 0.3) is 5.70 Å². The van der Waals surface area contributed by atoms with Gasteiger partial charge in [-0.2, -0.15) is 5.10 Å². The summed E-state index contributed by atoms with van der Waals surface area (Å²) < 4.78 is 11.4. The molecule has 41 heavy (non-hydrogen) atoms. The van der Waals surface area contributed by atoms with E-state index in [1.54, 1.807) is 11.2 Å². The van der Waals surface area contributed by atoms with E-state index in [0.29, 0.717) is 48.2 Å². The molecule has 0 bridgehead atoms. The maximum Gasteiger partial charge on any atom is 0.211 e. The van der Waals surface area contributed by atoms with E-state index in [-0.39, 0.29) is 5.41 Å². The molecular weight excluding hydrogens is 540 g/mol. The lowest BCUT2D eigenvalue weighted by Crippen LogP contribution is -2.29. The van der Waals surface area contributed by atoms with Crippen LogP contribution in [0.1, 0.15) is 57.7 Å². The molecule has 1 N–H and O–H groups in total. The summed E-state index contributed by atoms with van der Waals surface area (Å²) in [6.45, 7) is 13.4. The smallest absolute Gasteiger partial charge is 0.211 e. The molecule has 0 fully saturated rings. The number of rotatable bonds is 6. The van der Waals surface area contributed by atoms with E-state index in [9.17, 15) is 9.59 Å². The molecule has 1 aromatic heterocycles. The van der Waals surface area contributed by atoms with Crippen LogP contribution in [0.15, 0.2) is 65.4 Å². The fourth-order valence-electron chi connectivity index (χ4n) is 4.83. The first-order valence-corrected chi connectivity index (χ1v) is 13.9. The number of aromatic nitrogens is 1. The number of amides is 1. The Balaban J connectivity index is 0.000000394. The number of benzene rings is 2. The minimum Gasteiger partial charge on any atom is -0.486 e. The Morgan fingerprint density at radius 1 is 1.02 bits per heavy atom. The number of nitrogens with one attached hydrogen (secondary N) is 1. The lowest BCUT2D eigenvalue weighted by atomic mass is 9.72. The minimum absolute atomic E-state index is 0.0878. The van der Waals surface area contributed by atoms with Gasteiger partial charge < -0.3 is 14.8 Å². The second kappa shape index (κ2) is 14.5. The van der Waals surface area contributed by atoms with Crippen LogP contribution in [0.2, 0.25) is 5.15 Å². The minimum atomic E-state index is -0.0878. The molecule has 1 aliphatic carbocycles. The number of hydrogen-bond donors (Lipinski definition) is 1. The number of nitrogens with zero attached hydrogens (tertiary/aromatic N) is 3. The largest absolute Gasteiger partial charge is 0.486 e. The third-order valence-electron chi connectivity index (χ3n) is 6.51. The number of hydrogen-bond acceptors (Lipinski definition) is 7. The molecule has 9 heteroatoms. The Hall–Kier alpha value is -4.17. The van der Waals surface area contributed by atoms with Crippen LogP contribution in [0, 0.1) is 6.92 Å². The Morgan fingerprint density at radius 2 is 1.76 bits per heavy atom. The highest BCUT2D eigenvalue weighted by atomic mass is 35.5. The first-order valence-electron chi connectivity index (χ1n) is 13.5. The second-order valence-corrected chi connectivity index (χ2v) is 10.2. The van der Waals surface area contributed by atoms with Crippen molar-refractivity contribution in [2.45, 2.75) is 53.4 Å². The van der Waals surface area contributed by atoms with Crippen molar-refractivity contribution in [1.82, 2.24) is 4.98 Å². The molecule has 0 radical (unpaired) electrons. The Labute approximate surface area is 247 Å². The molecule has 0 saturated heterocycles. The maximum atomic E-state index is 11.1. The number of ether oxygens (including phenoxy) is 2. The number of aldehydes is 1. The van der Waals surface area contributed by atoms with E-state index in [1.165, 1.54) is 6.21 Å². The molecule has 0 atom stereocenters. The van der Waals surface area contributed by atoms with Gasteiger partial charge in [-0.15, -0.1) is 0 Å².